The average Bonchev–Trinajstić information content (AvgIpc) is 2.45. The highest BCUT2D eigenvalue weighted by atomic mass is 16.2. The van der Waals surface area contributed by atoms with Gasteiger partial charge in [0.15, 0.2) is 0 Å². The fraction of sp³-hybridized carbons (Fsp3) is 0.438. The number of nitrogens with zero attached hydrogens (tertiary/aromatic N) is 1. The first-order valence-electron chi connectivity index (χ1n) is 7.19. The maximum Gasteiger partial charge on any atom is 0.243 e. The molecule has 2 aliphatic rings. The van der Waals surface area contributed by atoms with Crippen LogP contribution in [0.3, 0.4) is 0 Å². The van der Waals surface area contributed by atoms with Gasteiger partial charge >= 0.3 is 0 Å². The number of imide groups is 1. The zero-order valence-electron chi connectivity index (χ0n) is 11.6. The fourth-order valence-electron chi connectivity index (χ4n) is 3.19. The van der Waals surface area contributed by atoms with Crippen molar-refractivity contribution in [3.05, 3.63) is 35.9 Å². The molecule has 1 atom stereocenters. The van der Waals surface area contributed by atoms with Gasteiger partial charge in [0.2, 0.25) is 11.8 Å². The molecule has 0 aromatic heterocycles. The molecule has 3 rings (SSSR count). The van der Waals surface area contributed by atoms with Crippen molar-refractivity contribution in [2.45, 2.75) is 43.2 Å². The molecule has 2 fully saturated rings. The minimum atomic E-state index is -0.445. The number of amides is 2. The van der Waals surface area contributed by atoms with Crippen LogP contribution in [0.1, 0.15) is 31.2 Å². The second kappa shape index (κ2) is 5.30. The number of nitrogens with one attached hydrogen (secondary N) is 2. The second-order valence-electron chi connectivity index (χ2n) is 5.84. The Morgan fingerprint density at radius 2 is 1.95 bits per heavy atom. The molecule has 1 aromatic rings. The molecule has 21 heavy (non-hydrogen) atoms. The van der Waals surface area contributed by atoms with E-state index in [0.717, 1.165) is 5.56 Å². The van der Waals surface area contributed by atoms with Gasteiger partial charge in [-0.25, -0.2) is 0 Å². The Morgan fingerprint density at radius 3 is 2.57 bits per heavy atom. The fourth-order valence-corrected chi connectivity index (χ4v) is 3.19. The molecule has 1 aliphatic heterocycles. The third-order valence-corrected chi connectivity index (χ3v) is 4.41. The zero-order valence-corrected chi connectivity index (χ0v) is 11.6. The summed E-state index contributed by atoms with van der Waals surface area (Å²) in [6.07, 6.45) is 2.31. The molecule has 108 valence electrons. The number of nitriles is 1. The molecule has 1 unspecified atom stereocenters. The lowest BCUT2D eigenvalue weighted by Gasteiger charge is -2.45. The molecular formula is C16H17N3O2. The maximum absolute atomic E-state index is 11.7. The van der Waals surface area contributed by atoms with Crippen molar-refractivity contribution in [3.8, 4) is 6.07 Å². The van der Waals surface area contributed by atoms with Gasteiger partial charge in [-0.15, -0.1) is 0 Å². The molecule has 0 radical (unpaired) electrons. The van der Waals surface area contributed by atoms with Gasteiger partial charge in [0.1, 0.15) is 0 Å². The van der Waals surface area contributed by atoms with E-state index in [0.29, 0.717) is 25.7 Å². The largest absolute Gasteiger partial charge is 0.303 e. The van der Waals surface area contributed by atoms with Gasteiger partial charge in [-0.2, -0.15) is 5.26 Å². The zero-order chi connectivity index (χ0) is 14.9. The summed E-state index contributed by atoms with van der Waals surface area (Å²) in [5.41, 5.74) is 0.591. The molecule has 2 amide bonds. The van der Waals surface area contributed by atoms with Gasteiger partial charge in [0, 0.05) is 12.5 Å². The summed E-state index contributed by atoms with van der Waals surface area (Å²) in [4.78, 5) is 22.8. The molecule has 5 heteroatoms. The van der Waals surface area contributed by atoms with Crippen LogP contribution in [-0.2, 0) is 15.0 Å². The van der Waals surface area contributed by atoms with E-state index in [9.17, 15) is 14.9 Å². The van der Waals surface area contributed by atoms with Gasteiger partial charge in [0.05, 0.1) is 17.5 Å². The van der Waals surface area contributed by atoms with E-state index in [1.54, 1.807) is 0 Å². The first-order valence-corrected chi connectivity index (χ1v) is 7.19. The number of rotatable bonds is 3. The Labute approximate surface area is 123 Å². The lowest BCUT2D eigenvalue weighted by atomic mass is 9.62. The van der Waals surface area contributed by atoms with Crippen LogP contribution < -0.4 is 10.6 Å². The van der Waals surface area contributed by atoms with Gasteiger partial charge < -0.3 is 5.32 Å². The van der Waals surface area contributed by atoms with Gasteiger partial charge in [-0.05, 0) is 24.8 Å². The van der Waals surface area contributed by atoms with Crippen molar-refractivity contribution in [2.24, 2.45) is 0 Å². The van der Waals surface area contributed by atoms with Gasteiger partial charge in [-0.1, -0.05) is 30.3 Å². The predicted octanol–water partition coefficient (Wildman–Crippen LogP) is 1.01. The number of benzene rings is 1. The Hall–Kier alpha value is -2.19. The molecule has 1 heterocycles. The Bertz CT molecular complexity index is 600. The van der Waals surface area contributed by atoms with Gasteiger partial charge in [-0.3, -0.25) is 14.9 Å². The summed E-state index contributed by atoms with van der Waals surface area (Å²) in [5.74, 6) is -0.456. The van der Waals surface area contributed by atoms with Crippen LogP contribution in [0.2, 0.25) is 0 Å². The highest BCUT2D eigenvalue weighted by molar-refractivity contribution is 6.00. The minimum absolute atomic E-state index is 0.147. The summed E-state index contributed by atoms with van der Waals surface area (Å²) in [5, 5.41) is 15.1. The van der Waals surface area contributed by atoms with Crippen LogP contribution in [0, 0.1) is 11.3 Å². The second-order valence-corrected chi connectivity index (χ2v) is 5.84. The van der Waals surface area contributed by atoms with Crippen LogP contribution in [0.15, 0.2) is 30.3 Å². The lowest BCUT2D eigenvalue weighted by molar-refractivity contribution is -0.135. The van der Waals surface area contributed by atoms with E-state index in [-0.39, 0.29) is 23.9 Å². The van der Waals surface area contributed by atoms with Crippen molar-refractivity contribution >= 4 is 11.8 Å². The predicted molar refractivity (Wildman–Crippen MR) is 76.1 cm³/mol. The highest BCUT2D eigenvalue weighted by Crippen LogP contribution is 2.43. The smallest absolute Gasteiger partial charge is 0.243 e. The SMILES string of the molecule is N#CC1(c2ccccc2)CC(NC2CCC(=O)NC2=O)C1. The van der Waals surface area contributed by atoms with E-state index in [4.69, 9.17) is 0 Å². The van der Waals surface area contributed by atoms with E-state index in [1.807, 2.05) is 30.3 Å². The quantitative estimate of drug-likeness (QED) is 0.811. The topological polar surface area (TPSA) is 82.0 Å². The van der Waals surface area contributed by atoms with E-state index >= 15 is 0 Å². The first-order chi connectivity index (χ1) is 10.1. The van der Waals surface area contributed by atoms with Crippen molar-refractivity contribution in [1.29, 1.82) is 5.26 Å². The average molecular weight is 283 g/mol. The summed E-state index contributed by atoms with van der Waals surface area (Å²) >= 11 is 0. The third-order valence-electron chi connectivity index (χ3n) is 4.41. The molecule has 2 N–H and O–H groups in total. The molecular weight excluding hydrogens is 266 g/mol. The van der Waals surface area contributed by atoms with Gasteiger partial charge in [0.25, 0.3) is 0 Å². The summed E-state index contributed by atoms with van der Waals surface area (Å²) < 4.78 is 0. The van der Waals surface area contributed by atoms with Crippen molar-refractivity contribution < 1.29 is 9.59 Å². The number of carbonyl (C=O) groups is 2. The Kier molecular flexibility index (Phi) is 3.48. The van der Waals surface area contributed by atoms with Crippen molar-refractivity contribution in [3.63, 3.8) is 0 Å². The van der Waals surface area contributed by atoms with Crippen molar-refractivity contribution in [1.82, 2.24) is 10.6 Å². The molecule has 5 nitrogen and oxygen atoms in total. The number of hydrogen-bond acceptors (Lipinski definition) is 4. The number of carbonyl (C=O) groups excluding carboxylic acids is 2. The molecule has 1 aliphatic carbocycles. The lowest BCUT2D eigenvalue weighted by Crippen LogP contribution is -2.59. The summed E-state index contributed by atoms with van der Waals surface area (Å²) in [6.45, 7) is 0. The summed E-state index contributed by atoms with van der Waals surface area (Å²) in [7, 11) is 0. The Morgan fingerprint density at radius 1 is 1.24 bits per heavy atom. The minimum Gasteiger partial charge on any atom is -0.303 e. The highest BCUT2D eigenvalue weighted by Gasteiger charge is 2.47. The molecule has 0 spiro atoms. The number of hydrogen-bond donors (Lipinski definition) is 2. The Balaban J connectivity index is 1.61. The maximum atomic E-state index is 11.7. The van der Waals surface area contributed by atoms with E-state index in [1.165, 1.54) is 0 Å². The van der Waals surface area contributed by atoms with E-state index < -0.39 is 5.41 Å². The van der Waals surface area contributed by atoms with E-state index in [2.05, 4.69) is 16.7 Å². The first kappa shape index (κ1) is 13.8. The normalized spacial score (nSPS) is 32.0. The van der Waals surface area contributed by atoms with Crippen molar-refractivity contribution in [2.75, 3.05) is 0 Å². The monoisotopic (exact) mass is 283 g/mol. The molecule has 1 saturated heterocycles. The number of piperidine rings is 1. The standard InChI is InChI=1S/C16H17N3O2/c17-10-16(11-4-2-1-3-5-11)8-12(9-16)18-13-6-7-14(20)19-15(13)21/h1-5,12-13,18H,6-9H2,(H,19,20,21). The van der Waals surface area contributed by atoms with Crippen LogP contribution >= 0.6 is 0 Å². The third kappa shape index (κ3) is 2.55. The van der Waals surface area contributed by atoms with Crippen LogP contribution in [0.25, 0.3) is 0 Å². The molecule has 1 aromatic carbocycles. The summed E-state index contributed by atoms with van der Waals surface area (Å²) in [6, 6.07) is 12.0. The van der Waals surface area contributed by atoms with Crippen LogP contribution in [0.4, 0.5) is 0 Å². The molecule has 1 saturated carbocycles. The van der Waals surface area contributed by atoms with Crippen LogP contribution in [-0.4, -0.2) is 23.9 Å². The van der Waals surface area contributed by atoms with Crippen LogP contribution in [0.5, 0.6) is 0 Å². The molecule has 0 bridgehead atoms.